The predicted molar refractivity (Wildman–Crippen MR) is 97.5 cm³/mol. The minimum atomic E-state index is -0.185. The average Bonchev–Trinajstić information content (AvgIpc) is 2.60. The molecule has 3 rings (SSSR count). The monoisotopic (exact) mass is 339 g/mol. The van der Waals surface area contributed by atoms with Crippen molar-refractivity contribution in [2.24, 2.45) is 0 Å². The Morgan fingerprint density at radius 2 is 1.75 bits per heavy atom. The van der Waals surface area contributed by atoms with Gasteiger partial charge in [0.25, 0.3) is 5.91 Å². The number of fused-ring (bicyclic) bond motifs is 1. The van der Waals surface area contributed by atoms with Gasteiger partial charge >= 0.3 is 0 Å². The molecule has 0 radical (unpaired) electrons. The molecular weight excluding hydrogens is 322 g/mol. The number of amides is 1. The summed E-state index contributed by atoms with van der Waals surface area (Å²) in [5.41, 5.74) is 0.887. The lowest BCUT2D eigenvalue weighted by atomic mass is 10.1. The number of hydrogen-bond acceptors (Lipinski definition) is 2. The molecule has 0 bridgehead atoms. The van der Waals surface area contributed by atoms with Crippen molar-refractivity contribution in [3.63, 3.8) is 0 Å². The van der Waals surface area contributed by atoms with E-state index in [1.807, 2.05) is 73.7 Å². The van der Waals surface area contributed by atoms with Crippen molar-refractivity contribution in [2.45, 2.75) is 13.0 Å². The Labute approximate surface area is 146 Å². The van der Waals surface area contributed by atoms with Crippen LogP contribution in [0.15, 0.2) is 66.7 Å². The third-order valence-corrected chi connectivity index (χ3v) is 4.20. The van der Waals surface area contributed by atoms with Gasteiger partial charge in [0, 0.05) is 10.4 Å². The van der Waals surface area contributed by atoms with Gasteiger partial charge in [0.2, 0.25) is 0 Å². The van der Waals surface area contributed by atoms with Crippen LogP contribution in [0.1, 0.15) is 18.5 Å². The highest BCUT2D eigenvalue weighted by molar-refractivity contribution is 6.31. The SMILES string of the molecule is C[C@H](NC(=O)COc1cccc2ccccc12)c1ccccc1Cl. The molecule has 3 aromatic rings. The van der Waals surface area contributed by atoms with Gasteiger partial charge in [-0.2, -0.15) is 0 Å². The molecule has 3 aromatic carbocycles. The van der Waals surface area contributed by atoms with Crippen LogP contribution in [-0.4, -0.2) is 12.5 Å². The fourth-order valence-corrected chi connectivity index (χ4v) is 2.95. The fourth-order valence-electron chi connectivity index (χ4n) is 2.65. The molecule has 0 aromatic heterocycles. The first-order valence-corrected chi connectivity index (χ1v) is 8.17. The third-order valence-electron chi connectivity index (χ3n) is 3.86. The first-order valence-electron chi connectivity index (χ1n) is 7.79. The summed E-state index contributed by atoms with van der Waals surface area (Å²) in [6.45, 7) is 1.86. The smallest absolute Gasteiger partial charge is 0.258 e. The summed E-state index contributed by atoms with van der Waals surface area (Å²) in [4.78, 5) is 12.2. The normalized spacial score (nSPS) is 11.9. The Bertz CT molecular complexity index is 858. The van der Waals surface area contributed by atoms with Crippen LogP contribution in [0.5, 0.6) is 5.75 Å². The highest BCUT2D eigenvalue weighted by Crippen LogP contribution is 2.25. The van der Waals surface area contributed by atoms with Crippen molar-refractivity contribution in [1.29, 1.82) is 0 Å². The van der Waals surface area contributed by atoms with E-state index < -0.39 is 0 Å². The molecule has 122 valence electrons. The molecule has 24 heavy (non-hydrogen) atoms. The van der Waals surface area contributed by atoms with Crippen molar-refractivity contribution >= 4 is 28.3 Å². The molecule has 0 saturated heterocycles. The van der Waals surface area contributed by atoms with Crippen molar-refractivity contribution < 1.29 is 9.53 Å². The Morgan fingerprint density at radius 3 is 2.58 bits per heavy atom. The van der Waals surface area contributed by atoms with E-state index in [0.29, 0.717) is 10.8 Å². The second kappa shape index (κ2) is 7.37. The number of halogens is 1. The molecule has 0 unspecified atom stereocenters. The minimum absolute atomic E-state index is 0.0389. The number of hydrogen-bond donors (Lipinski definition) is 1. The summed E-state index contributed by atoms with van der Waals surface area (Å²) in [6.07, 6.45) is 0. The summed E-state index contributed by atoms with van der Waals surface area (Å²) >= 11 is 6.16. The molecule has 4 heteroatoms. The molecule has 0 aliphatic heterocycles. The van der Waals surface area contributed by atoms with Gasteiger partial charge in [-0.3, -0.25) is 4.79 Å². The van der Waals surface area contributed by atoms with Gasteiger partial charge in [-0.1, -0.05) is 66.2 Å². The first-order chi connectivity index (χ1) is 11.6. The average molecular weight is 340 g/mol. The number of benzene rings is 3. The van der Waals surface area contributed by atoms with Crippen LogP contribution in [0.3, 0.4) is 0 Å². The lowest BCUT2D eigenvalue weighted by Gasteiger charge is -2.16. The van der Waals surface area contributed by atoms with E-state index in [2.05, 4.69) is 5.32 Å². The Hall–Kier alpha value is -2.52. The number of nitrogens with one attached hydrogen (secondary N) is 1. The molecule has 0 aliphatic rings. The molecule has 0 aliphatic carbocycles. The van der Waals surface area contributed by atoms with Crippen LogP contribution < -0.4 is 10.1 Å². The zero-order valence-electron chi connectivity index (χ0n) is 13.3. The maximum Gasteiger partial charge on any atom is 0.258 e. The third kappa shape index (κ3) is 3.69. The van der Waals surface area contributed by atoms with E-state index in [1.54, 1.807) is 0 Å². The largest absolute Gasteiger partial charge is 0.483 e. The fraction of sp³-hybridized carbons (Fsp3) is 0.150. The predicted octanol–water partition coefficient (Wildman–Crippen LogP) is 4.75. The van der Waals surface area contributed by atoms with Crippen molar-refractivity contribution in [3.05, 3.63) is 77.3 Å². The molecule has 1 amide bonds. The van der Waals surface area contributed by atoms with Crippen LogP contribution in [0, 0.1) is 0 Å². The Balaban J connectivity index is 1.64. The molecule has 0 fully saturated rings. The van der Waals surface area contributed by atoms with Crippen molar-refractivity contribution in [1.82, 2.24) is 5.32 Å². The molecule has 3 nitrogen and oxygen atoms in total. The maximum atomic E-state index is 12.2. The Morgan fingerprint density at radius 1 is 1.04 bits per heavy atom. The standard InChI is InChI=1S/C20H18ClNO2/c1-14(16-9-4-5-11-18(16)21)22-20(23)13-24-19-12-6-8-15-7-2-3-10-17(15)19/h2-12,14H,13H2,1H3,(H,22,23)/t14-/m0/s1. The summed E-state index contributed by atoms with van der Waals surface area (Å²) in [5, 5.41) is 5.62. The summed E-state index contributed by atoms with van der Waals surface area (Å²) in [6, 6.07) is 21.0. The molecule has 0 spiro atoms. The number of carbonyl (C=O) groups excluding carboxylic acids is 1. The lowest BCUT2D eigenvalue weighted by Crippen LogP contribution is -2.31. The topological polar surface area (TPSA) is 38.3 Å². The van der Waals surface area contributed by atoms with Crippen LogP contribution in [0.4, 0.5) is 0 Å². The van der Waals surface area contributed by atoms with Gasteiger partial charge < -0.3 is 10.1 Å². The molecule has 1 atom stereocenters. The minimum Gasteiger partial charge on any atom is -0.483 e. The van der Waals surface area contributed by atoms with E-state index >= 15 is 0 Å². The number of rotatable bonds is 5. The first kappa shape index (κ1) is 16.3. The van der Waals surface area contributed by atoms with Crippen LogP contribution in [0.25, 0.3) is 10.8 Å². The highest BCUT2D eigenvalue weighted by atomic mass is 35.5. The zero-order chi connectivity index (χ0) is 16.9. The summed E-state index contributed by atoms with van der Waals surface area (Å²) in [5.74, 6) is 0.518. The second-order valence-electron chi connectivity index (χ2n) is 5.58. The van der Waals surface area contributed by atoms with Gasteiger partial charge in [-0.25, -0.2) is 0 Å². The van der Waals surface area contributed by atoms with E-state index in [0.717, 1.165) is 16.3 Å². The molecular formula is C20H18ClNO2. The van der Waals surface area contributed by atoms with Crippen LogP contribution in [-0.2, 0) is 4.79 Å². The maximum absolute atomic E-state index is 12.2. The molecule has 0 saturated carbocycles. The number of ether oxygens (including phenoxy) is 1. The van der Waals surface area contributed by atoms with E-state index in [-0.39, 0.29) is 18.6 Å². The highest BCUT2D eigenvalue weighted by Gasteiger charge is 2.13. The van der Waals surface area contributed by atoms with Gasteiger partial charge in [-0.05, 0) is 30.0 Å². The Kier molecular flexibility index (Phi) is 5.02. The van der Waals surface area contributed by atoms with E-state index in [9.17, 15) is 4.79 Å². The second-order valence-corrected chi connectivity index (χ2v) is 5.98. The van der Waals surface area contributed by atoms with Crippen molar-refractivity contribution in [3.8, 4) is 5.75 Å². The van der Waals surface area contributed by atoms with Gasteiger partial charge in [-0.15, -0.1) is 0 Å². The quantitative estimate of drug-likeness (QED) is 0.728. The lowest BCUT2D eigenvalue weighted by molar-refractivity contribution is -0.123. The van der Waals surface area contributed by atoms with Gasteiger partial charge in [0.15, 0.2) is 6.61 Å². The summed E-state index contributed by atoms with van der Waals surface area (Å²) < 4.78 is 5.70. The number of carbonyl (C=O) groups is 1. The van der Waals surface area contributed by atoms with Gasteiger partial charge in [0.1, 0.15) is 5.75 Å². The van der Waals surface area contributed by atoms with Crippen LogP contribution >= 0.6 is 11.6 Å². The van der Waals surface area contributed by atoms with E-state index in [1.165, 1.54) is 0 Å². The zero-order valence-corrected chi connectivity index (χ0v) is 14.1. The summed E-state index contributed by atoms with van der Waals surface area (Å²) in [7, 11) is 0. The molecule has 1 N–H and O–H groups in total. The van der Waals surface area contributed by atoms with Crippen molar-refractivity contribution in [2.75, 3.05) is 6.61 Å². The van der Waals surface area contributed by atoms with Gasteiger partial charge in [0.05, 0.1) is 6.04 Å². The van der Waals surface area contributed by atoms with E-state index in [4.69, 9.17) is 16.3 Å². The van der Waals surface area contributed by atoms with Crippen LogP contribution in [0.2, 0.25) is 5.02 Å². The molecule has 0 heterocycles.